The van der Waals surface area contributed by atoms with E-state index in [2.05, 4.69) is 10.3 Å². The topological polar surface area (TPSA) is 65.4 Å². The fourth-order valence-electron chi connectivity index (χ4n) is 3.48. The van der Waals surface area contributed by atoms with Gasteiger partial charge in [-0.25, -0.2) is 9.79 Å². The maximum atomic E-state index is 12.4. The third kappa shape index (κ3) is 2.91. The van der Waals surface area contributed by atoms with Crippen molar-refractivity contribution in [1.82, 2.24) is 0 Å². The molecule has 0 radical (unpaired) electrons. The highest BCUT2D eigenvalue weighted by Gasteiger charge is 2.22. The molecule has 5 heteroatoms. The standard InChI is InChI=1S/C23H20N2O3/c1-24-14-8-10-18-20(12-14)28-21-13-15(25-2)9-11-19(21)22(18)16-6-4-5-7-17(16)23(26)27-3/h4-13,24H,1-3H3/p+1. The molecule has 2 aromatic rings. The molecule has 4 rings (SSSR count). The summed E-state index contributed by atoms with van der Waals surface area (Å²) >= 11 is 0. The van der Waals surface area contributed by atoms with Crippen LogP contribution in [-0.2, 0) is 4.74 Å². The quantitative estimate of drug-likeness (QED) is 0.428. The maximum Gasteiger partial charge on any atom is 0.338 e. The van der Waals surface area contributed by atoms with E-state index in [1.54, 1.807) is 6.07 Å². The summed E-state index contributed by atoms with van der Waals surface area (Å²) in [6, 6.07) is 19.4. The SMILES string of the molecule is CNc1ccc2c(-c3ccccc3C(=O)OC)c3ccc(=[NH+]C)cc-3oc2c1. The van der Waals surface area contributed by atoms with E-state index in [9.17, 15) is 4.79 Å². The Hall–Kier alpha value is -3.60. The number of ether oxygens (including phenoxy) is 1. The number of nitrogens with one attached hydrogen (secondary N) is 2. The minimum atomic E-state index is -0.364. The third-order valence-corrected chi connectivity index (χ3v) is 4.90. The van der Waals surface area contributed by atoms with Crippen LogP contribution in [0.4, 0.5) is 5.69 Å². The second kappa shape index (κ2) is 7.19. The minimum absolute atomic E-state index is 0.364. The molecule has 2 N–H and O–H groups in total. The highest BCUT2D eigenvalue weighted by molar-refractivity contribution is 6.08. The van der Waals surface area contributed by atoms with Crippen molar-refractivity contribution in [2.24, 2.45) is 0 Å². The summed E-state index contributed by atoms with van der Waals surface area (Å²) in [6.07, 6.45) is 0. The van der Waals surface area contributed by atoms with Gasteiger partial charge in [-0.2, -0.15) is 0 Å². The summed E-state index contributed by atoms with van der Waals surface area (Å²) in [5.74, 6) is 0.374. The van der Waals surface area contributed by atoms with Gasteiger partial charge in [0.1, 0.15) is 18.4 Å². The Kier molecular flexibility index (Phi) is 4.57. The number of hydrogen-bond acceptors (Lipinski definition) is 4. The van der Waals surface area contributed by atoms with Crippen LogP contribution in [0.2, 0.25) is 0 Å². The van der Waals surface area contributed by atoms with Gasteiger partial charge in [-0.1, -0.05) is 18.2 Å². The molecule has 140 valence electrons. The number of fused-ring (bicyclic) bond motifs is 2. The van der Waals surface area contributed by atoms with Gasteiger partial charge in [0.25, 0.3) is 0 Å². The molecule has 0 unspecified atom stereocenters. The lowest BCUT2D eigenvalue weighted by atomic mass is 9.90. The Balaban J connectivity index is 2.16. The first-order valence-corrected chi connectivity index (χ1v) is 9.03. The van der Waals surface area contributed by atoms with Crippen LogP contribution in [0.1, 0.15) is 10.4 Å². The van der Waals surface area contributed by atoms with Crippen molar-refractivity contribution in [1.29, 1.82) is 0 Å². The number of methoxy groups -OCH3 is 1. The van der Waals surface area contributed by atoms with Crippen LogP contribution in [0, 0.1) is 0 Å². The lowest BCUT2D eigenvalue weighted by molar-refractivity contribution is -0.465. The first-order valence-electron chi connectivity index (χ1n) is 9.03. The molecule has 0 aromatic heterocycles. The first-order chi connectivity index (χ1) is 13.7. The molecule has 1 aliphatic heterocycles. The number of carbonyl (C=O) groups excluding carboxylic acids is 1. The molecule has 28 heavy (non-hydrogen) atoms. The van der Waals surface area contributed by atoms with Gasteiger partial charge in [0.2, 0.25) is 5.36 Å². The molecule has 0 spiro atoms. The van der Waals surface area contributed by atoms with E-state index in [0.717, 1.165) is 44.5 Å². The summed E-state index contributed by atoms with van der Waals surface area (Å²) in [4.78, 5) is 15.6. The van der Waals surface area contributed by atoms with Crippen LogP contribution in [0.5, 0.6) is 0 Å². The summed E-state index contributed by atoms with van der Waals surface area (Å²) < 4.78 is 11.2. The fraction of sp³-hybridized carbons (Fsp3) is 0.130. The van der Waals surface area contributed by atoms with Gasteiger partial charge in [0.05, 0.1) is 18.7 Å². The second-order valence-corrected chi connectivity index (χ2v) is 6.44. The van der Waals surface area contributed by atoms with E-state index in [1.165, 1.54) is 7.11 Å². The Morgan fingerprint density at radius 3 is 2.61 bits per heavy atom. The molecular formula is C23H21N2O3+. The number of carbonyl (C=O) groups is 1. The number of anilines is 1. The smallest absolute Gasteiger partial charge is 0.338 e. The van der Waals surface area contributed by atoms with E-state index in [1.807, 2.05) is 68.7 Å². The van der Waals surface area contributed by atoms with Crippen molar-refractivity contribution in [3.63, 3.8) is 0 Å². The van der Waals surface area contributed by atoms with Crippen LogP contribution in [0.3, 0.4) is 0 Å². The summed E-state index contributed by atoms with van der Waals surface area (Å²) in [6.45, 7) is 0. The molecule has 1 heterocycles. The van der Waals surface area contributed by atoms with Gasteiger partial charge in [0.15, 0.2) is 0 Å². The predicted octanol–water partition coefficient (Wildman–Crippen LogP) is 2.64. The van der Waals surface area contributed by atoms with E-state index in [-0.39, 0.29) is 5.97 Å². The van der Waals surface area contributed by atoms with Crippen molar-refractivity contribution in [3.8, 4) is 22.5 Å². The average molecular weight is 373 g/mol. The molecule has 0 saturated heterocycles. The average Bonchev–Trinajstić information content (AvgIpc) is 2.76. The van der Waals surface area contributed by atoms with E-state index >= 15 is 0 Å². The Bertz CT molecular complexity index is 1220. The molecule has 2 aromatic carbocycles. The van der Waals surface area contributed by atoms with Gasteiger partial charge in [0, 0.05) is 41.4 Å². The summed E-state index contributed by atoms with van der Waals surface area (Å²) in [5, 5.41) is 5.02. The molecular weight excluding hydrogens is 352 g/mol. The Morgan fingerprint density at radius 2 is 1.86 bits per heavy atom. The largest absolute Gasteiger partial charge is 0.465 e. The Labute approximate surface area is 162 Å². The molecule has 0 saturated carbocycles. The number of hydrogen-bond donors (Lipinski definition) is 2. The van der Waals surface area contributed by atoms with Crippen LogP contribution in [0.25, 0.3) is 33.4 Å². The summed E-state index contributed by atoms with van der Waals surface area (Å²) in [5.41, 5.74) is 4.90. The lowest BCUT2D eigenvalue weighted by Gasteiger charge is -2.17. The van der Waals surface area contributed by atoms with Gasteiger partial charge in [-0.3, -0.25) is 0 Å². The van der Waals surface area contributed by atoms with Crippen molar-refractivity contribution in [2.45, 2.75) is 0 Å². The zero-order chi connectivity index (χ0) is 19.7. The number of benzene rings is 3. The van der Waals surface area contributed by atoms with Crippen molar-refractivity contribution < 1.29 is 18.9 Å². The monoisotopic (exact) mass is 373 g/mol. The zero-order valence-electron chi connectivity index (χ0n) is 16.0. The van der Waals surface area contributed by atoms with Crippen LogP contribution in [-0.4, -0.2) is 27.2 Å². The van der Waals surface area contributed by atoms with E-state index in [4.69, 9.17) is 9.15 Å². The van der Waals surface area contributed by atoms with E-state index in [0.29, 0.717) is 5.56 Å². The zero-order valence-corrected chi connectivity index (χ0v) is 16.0. The van der Waals surface area contributed by atoms with Crippen LogP contribution < -0.4 is 15.7 Å². The van der Waals surface area contributed by atoms with E-state index < -0.39 is 0 Å². The highest BCUT2D eigenvalue weighted by Crippen LogP contribution is 2.41. The van der Waals surface area contributed by atoms with Gasteiger partial charge >= 0.3 is 5.97 Å². The van der Waals surface area contributed by atoms with Crippen LogP contribution >= 0.6 is 0 Å². The molecule has 0 atom stereocenters. The van der Waals surface area contributed by atoms with Crippen molar-refractivity contribution in [2.75, 3.05) is 26.5 Å². The molecule has 2 aliphatic rings. The van der Waals surface area contributed by atoms with Crippen LogP contribution in [0.15, 0.2) is 65.1 Å². The number of esters is 1. The van der Waals surface area contributed by atoms with Gasteiger partial charge in [-0.15, -0.1) is 0 Å². The van der Waals surface area contributed by atoms with Gasteiger partial charge in [-0.05, 0) is 29.8 Å². The van der Waals surface area contributed by atoms with Gasteiger partial charge < -0.3 is 14.5 Å². The first kappa shape index (κ1) is 17.8. The minimum Gasteiger partial charge on any atom is -0.465 e. The normalized spacial score (nSPS) is 11.8. The molecule has 0 bridgehead atoms. The fourth-order valence-corrected chi connectivity index (χ4v) is 3.48. The molecule has 1 aliphatic carbocycles. The molecule has 0 amide bonds. The third-order valence-electron chi connectivity index (χ3n) is 4.90. The molecule has 5 nitrogen and oxygen atoms in total. The maximum absolute atomic E-state index is 12.4. The second-order valence-electron chi connectivity index (χ2n) is 6.44. The molecule has 0 fully saturated rings. The number of rotatable bonds is 3. The lowest BCUT2D eigenvalue weighted by Crippen LogP contribution is -2.71. The highest BCUT2D eigenvalue weighted by atomic mass is 16.5. The van der Waals surface area contributed by atoms with Crippen molar-refractivity contribution >= 4 is 22.6 Å². The summed E-state index contributed by atoms with van der Waals surface area (Å²) in [7, 11) is 5.14. The Morgan fingerprint density at radius 1 is 1.04 bits per heavy atom. The van der Waals surface area contributed by atoms with Crippen molar-refractivity contribution in [3.05, 3.63) is 71.6 Å². The predicted molar refractivity (Wildman–Crippen MR) is 109 cm³/mol.